The number of hydrogen-bond acceptors (Lipinski definition) is 3. The van der Waals surface area contributed by atoms with E-state index >= 15 is 0 Å². The van der Waals surface area contributed by atoms with Crippen molar-refractivity contribution in [2.45, 2.75) is 52.0 Å². The summed E-state index contributed by atoms with van der Waals surface area (Å²) in [6.07, 6.45) is 6.69. The van der Waals surface area contributed by atoms with Gasteiger partial charge in [0.15, 0.2) is 0 Å². The summed E-state index contributed by atoms with van der Waals surface area (Å²) < 4.78 is 0. The third kappa shape index (κ3) is 4.14. The molecule has 1 aromatic carbocycles. The van der Waals surface area contributed by atoms with E-state index in [0.717, 1.165) is 23.9 Å². The Hall–Kier alpha value is -1.22. The largest absolute Gasteiger partial charge is 0.508 e. The summed E-state index contributed by atoms with van der Waals surface area (Å²) in [6.45, 7) is 5.39. The zero-order valence-electron chi connectivity index (χ0n) is 12.6. The Morgan fingerprint density at radius 1 is 1.20 bits per heavy atom. The maximum Gasteiger partial charge on any atom is 0.124 e. The molecule has 1 fully saturated rings. The van der Waals surface area contributed by atoms with E-state index in [1.165, 1.54) is 38.2 Å². The van der Waals surface area contributed by atoms with Crippen molar-refractivity contribution in [2.75, 3.05) is 6.54 Å². The van der Waals surface area contributed by atoms with E-state index in [0.29, 0.717) is 0 Å². The fourth-order valence-electron chi connectivity index (χ4n) is 3.13. The highest BCUT2D eigenvalue weighted by Gasteiger charge is 2.18. The van der Waals surface area contributed by atoms with E-state index in [4.69, 9.17) is 0 Å². The van der Waals surface area contributed by atoms with Crippen LogP contribution in [0.25, 0.3) is 0 Å². The fraction of sp³-hybridized carbons (Fsp3) is 0.647. The zero-order chi connectivity index (χ0) is 14.5. The number of rotatable bonds is 5. The van der Waals surface area contributed by atoms with Gasteiger partial charge in [-0.15, -0.1) is 0 Å². The molecule has 0 heterocycles. The smallest absolute Gasteiger partial charge is 0.124 e. The molecule has 0 radical (unpaired) electrons. The van der Waals surface area contributed by atoms with Crippen molar-refractivity contribution in [3.05, 3.63) is 23.8 Å². The Bertz CT molecular complexity index is 425. The average Bonchev–Trinajstić information content (AvgIpc) is 2.41. The number of aromatic hydroxyl groups is 2. The third-order valence-electron chi connectivity index (χ3n) is 4.62. The van der Waals surface area contributed by atoms with Crippen molar-refractivity contribution in [3.8, 4) is 11.5 Å². The van der Waals surface area contributed by atoms with Gasteiger partial charge in [0.05, 0.1) is 0 Å². The Morgan fingerprint density at radius 2 is 1.90 bits per heavy atom. The minimum Gasteiger partial charge on any atom is -0.508 e. The fourth-order valence-corrected chi connectivity index (χ4v) is 3.13. The van der Waals surface area contributed by atoms with Crippen LogP contribution in [0.1, 0.15) is 57.6 Å². The van der Waals surface area contributed by atoms with Crippen LogP contribution >= 0.6 is 0 Å². The molecule has 1 aliphatic carbocycles. The van der Waals surface area contributed by atoms with Crippen LogP contribution < -0.4 is 5.32 Å². The summed E-state index contributed by atoms with van der Waals surface area (Å²) in [7, 11) is 0. The highest BCUT2D eigenvalue weighted by molar-refractivity contribution is 5.40. The van der Waals surface area contributed by atoms with Gasteiger partial charge in [-0.1, -0.05) is 38.7 Å². The second-order valence-electron chi connectivity index (χ2n) is 6.33. The summed E-state index contributed by atoms with van der Waals surface area (Å²) in [4.78, 5) is 0. The molecule has 112 valence electrons. The Balaban J connectivity index is 1.76. The van der Waals surface area contributed by atoms with Crippen molar-refractivity contribution >= 4 is 0 Å². The minimum atomic E-state index is 0.106. The highest BCUT2D eigenvalue weighted by Crippen LogP contribution is 2.31. The molecule has 3 heteroatoms. The summed E-state index contributed by atoms with van der Waals surface area (Å²) in [5.74, 6) is 2.04. The lowest BCUT2D eigenvalue weighted by atomic mass is 9.81. The first kappa shape index (κ1) is 15.2. The minimum absolute atomic E-state index is 0.106. The summed E-state index contributed by atoms with van der Waals surface area (Å²) >= 11 is 0. The first-order chi connectivity index (χ1) is 9.56. The van der Waals surface area contributed by atoms with Crippen molar-refractivity contribution in [3.63, 3.8) is 0 Å². The first-order valence-electron chi connectivity index (χ1n) is 7.81. The van der Waals surface area contributed by atoms with Crippen LogP contribution in [0.3, 0.4) is 0 Å². The number of benzene rings is 1. The number of phenols is 2. The van der Waals surface area contributed by atoms with E-state index < -0.39 is 0 Å². The van der Waals surface area contributed by atoms with Gasteiger partial charge in [-0.25, -0.2) is 0 Å². The van der Waals surface area contributed by atoms with Gasteiger partial charge in [-0.3, -0.25) is 0 Å². The van der Waals surface area contributed by atoms with E-state index in [-0.39, 0.29) is 17.5 Å². The summed E-state index contributed by atoms with van der Waals surface area (Å²) in [5, 5.41) is 22.6. The van der Waals surface area contributed by atoms with Gasteiger partial charge in [-0.2, -0.15) is 0 Å². The third-order valence-corrected chi connectivity index (χ3v) is 4.62. The molecule has 1 aromatic rings. The predicted molar refractivity (Wildman–Crippen MR) is 81.9 cm³/mol. The van der Waals surface area contributed by atoms with Gasteiger partial charge in [0, 0.05) is 17.7 Å². The van der Waals surface area contributed by atoms with Gasteiger partial charge in [0.25, 0.3) is 0 Å². The van der Waals surface area contributed by atoms with E-state index in [2.05, 4.69) is 19.2 Å². The van der Waals surface area contributed by atoms with Crippen LogP contribution in [0.5, 0.6) is 11.5 Å². The van der Waals surface area contributed by atoms with Gasteiger partial charge in [-0.05, 0) is 37.8 Å². The molecule has 1 atom stereocenters. The summed E-state index contributed by atoms with van der Waals surface area (Å²) in [6, 6.07) is 4.91. The molecule has 0 amide bonds. The molecule has 3 nitrogen and oxygen atoms in total. The lowest BCUT2D eigenvalue weighted by Gasteiger charge is -2.26. The standard InChI is InChI=1S/C17H27NO2/c1-12-3-5-14(6-4-12)9-10-18-13(2)16-8-7-15(19)11-17(16)20/h7-8,11-14,18-20H,3-6,9-10H2,1-2H3. The Labute approximate surface area is 122 Å². The molecule has 0 saturated heterocycles. The molecule has 1 unspecified atom stereocenters. The van der Waals surface area contributed by atoms with E-state index in [1.807, 2.05) is 0 Å². The average molecular weight is 277 g/mol. The molecular weight excluding hydrogens is 250 g/mol. The second-order valence-corrected chi connectivity index (χ2v) is 6.33. The Morgan fingerprint density at radius 3 is 2.55 bits per heavy atom. The van der Waals surface area contributed by atoms with Gasteiger partial charge >= 0.3 is 0 Å². The molecule has 1 aliphatic rings. The van der Waals surface area contributed by atoms with Crippen LogP contribution in [0.15, 0.2) is 18.2 Å². The zero-order valence-corrected chi connectivity index (χ0v) is 12.6. The molecule has 1 saturated carbocycles. The van der Waals surface area contributed by atoms with Crippen molar-refractivity contribution in [2.24, 2.45) is 11.8 Å². The normalized spacial score (nSPS) is 24.5. The number of hydrogen-bond donors (Lipinski definition) is 3. The SMILES string of the molecule is CC1CCC(CCNC(C)c2ccc(O)cc2O)CC1. The predicted octanol–water partition coefficient (Wildman–Crippen LogP) is 3.96. The molecule has 2 rings (SSSR count). The maximum absolute atomic E-state index is 9.84. The van der Waals surface area contributed by atoms with E-state index in [9.17, 15) is 10.2 Å². The van der Waals surface area contributed by atoms with E-state index in [1.54, 1.807) is 12.1 Å². The van der Waals surface area contributed by atoms with Gasteiger partial charge in [0.2, 0.25) is 0 Å². The monoisotopic (exact) mass is 277 g/mol. The summed E-state index contributed by atoms with van der Waals surface area (Å²) in [5.41, 5.74) is 0.847. The molecular formula is C17H27NO2. The van der Waals surface area contributed by atoms with Crippen molar-refractivity contribution < 1.29 is 10.2 Å². The lowest BCUT2D eigenvalue weighted by molar-refractivity contribution is 0.273. The molecule has 0 aromatic heterocycles. The maximum atomic E-state index is 9.84. The first-order valence-corrected chi connectivity index (χ1v) is 7.81. The molecule has 0 spiro atoms. The second kappa shape index (κ2) is 6.98. The number of nitrogens with one attached hydrogen (secondary N) is 1. The highest BCUT2D eigenvalue weighted by atomic mass is 16.3. The topological polar surface area (TPSA) is 52.5 Å². The van der Waals surface area contributed by atoms with Crippen LogP contribution in [0, 0.1) is 11.8 Å². The van der Waals surface area contributed by atoms with Crippen LogP contribution in [-0.2, 0) is 0 Å². The molecule has 0 aliphatic heterocycles. The van der Waals surface area contributed by atoms with Gasteiger partial charge in [0.1, 0.15) is 11.5 Å². The van der Waals surface area contributed by atoms with Crippen LogP contribution in [-0.4, -0.2) is 16.8 Å². The van der Waals surface area contributed by atoms with Crippen LogP contribution in [0.4, 0.5) is 0 Å². The molecule has 3 N–H and O–H groups in total. The van der Waals surface area contributed by atoms with Crippen molar-refractivity contribution in [1.82, 2.24) is 5.32 Å². The molecule has 0 bridgehead atoms. The van der Waals surface area contributed by atoms with Crippen molar-refractivity contribution in [1.29, 1.82) is 0 Å². The lowest BCUT2D eigenvalue weighted by Crippen LogP contribution is -2.23. The quantitative estimate of drug-likeness (QED) is 0.763. The molecule has 20 heavy (non-hydrogen) atoms. The number of phenolic OH excluding ortho intramolecular Hbond substituents is 2. The Kier molecular flexibility index (Phi) is 5.30. The van der Waals surface area contributed by atoms with Crippen LogP contribution in [0.2, 0.25) is 0 Å². The van der Waals surface area contributed by atoms with Gasteiger partial charge < -0.3 is 15.5 Å².